The van der Waals surface area contributed by atoms with Gasteiger partial charge in [0.15, 0.2) is 5.82 Å². The first-order valence-corrected chi connectivity index (χ1v) is 9.88. The van der Waals surface area contributed by atoms with Crippen LogP contribution < -0.4 is 10.6 Å². The Kier molecular flexibility index (Phi) is 4.87. The molecular formula is C24H18FN7. The molecule has 0 amide bonds. The Labute approximate surface area is 182 Å². The van der Waals surface area contributed by atoms with E-state index < -0.39 is 0 Å². The van der Waals surface area contributed by atoms with E-state index in [-0.39, 0.29) is 5.82 Å². The van der Waals surface area contributed by atoms with Crippen molar-refractivity contribution >= 4 is 29.3 Å². The number of hydrogen-bond donors (Lipinski definition) is 2. The number of pyridine rings is 1. The summed E-state index contributed by atoms with van der Waals surface area (Å²) < 4.78 is 13.7. The van der Waals surface area contributed by atoms with Crippen molar-refractivity contribution in [2.75, 3.05) is 0 Å². The molecule has 0 spiro atoms. The molecule has 32 heavy (non-hydrogen) atoms. The average Bonchev–Trinajstić information content (AvgIpc) is 3.41. The van der Waals surface area contributed by atoms with Crippen LogP contribution in [-0.2, 0) is 0 Å². The molecule has 4 heterocycles. The molecular weight excluding hydrogens is 405 g/mol. The molecule has 0 aliphatic heterocycles. The molecule has 0 unspecified atom stereocenters. The Morgan fingerprint density at radius 3 is 2.84 bits per heavy atom. The molecule has 8 heteroatoms. The molecule has 156 valence electrons. The minimum Gasteiger partial charge on any atom is -0.335 e. The van der Waals surface area contributed by atoms with Crippen molar-refractivity contribution < 1.29 is 4.39 Å². The van der Waals surface area contributed by atoms with Gasteiger partial charge in [-0.2, -0.15) is 5.10 Å². The van der Waals surface area contributed by atoms with Crippen molar-refractivity contribution in [2.24, 2.45) is 0 Å². The van der Waals surface area contributed by atoms with Crippen molar-refractivity contribution in [1.82, 2.24) is 35.1 Å². The minimum atomic E-state index is -0.312. The first-order valence-electron chi connectivity index (χ1n) is 9.88. The van der Waals surface area contributed by atoms with Crippen LogP contribution in [0.25, 0.3) is 51.9 Å². The number of H-pyrrole nitrogens is 2. The van der Waals surface area contributed by atoms with E-state index in [9.17, 15) is 4.39 Å². The maximum Gasteiger partial charge on any atom is 0.159 e. The molecule has 5 rings (SSSR count). The van der Waals surface area contributed by atoms with Crippen molar-refractivity contribution in [1.29, 1.82) is 0 Å². The molecule has 2 N–H and O–H groups in total. The number of fused-ring (bicyclic) bond motifs is 1. The largest absolute Gasteiger partial charge is 0.335 e. The van der Waals surface area contributed by atoms with Crippen LogP contribution in [0, 0.1) is 5.82 Å². The molecule has 0 bridgehead atoms. The van der Waals surface area contributed by atoms with Crippen LogP contribution in [0.5, 0.6) is 0 Å². The van der Waals surface area contributed by atoms with Gasteiger partial charge < -0.3 is 4.98 Å². The van der Waals surface area contributed by atoms with Crippen LogP contribution in [0.1, 0.15) is 12.6 Å². The summed E-state index contributed by atoms with van der Waals surface area (Å²) in [6.07, 6.45) is 12.2. The lowest BCUT2D eigenvalue weighted by molar-refractivity contribution is 0.628. The van der Waals surface area contributed by atoms with Crippen LogP contribution in [-0.4, -0.2) is 35.1 Å². The van der Waals surface area contributed by atoms with Gasteiger partial charge in [0.2, 0.25) is 0 Å². The zero-order valence-corrected chi connectivity index (χ0v) is 17.2. The minimum absolute atomic E-state index is 0.312. The summed E-state index contributed by atoms with van der Waals surface area (Å²) in [4.78, 5) is 20.6. The van der Waals surface area contributed by atoms with E-state index in [1.807, 2.05) is 25.1 Å². The van der Waals surface area contributed by atoms with Crippen molar-refractivity contribution in [3.8, 4) is 22.6 Å². The number of halogens is 1. The Morgan fingerprint density at radius 2 is 2.03 bits per heavy atom. The molecule has 0 aliphatic carbocycles. The quantitative estimate of drug-likeness (QED) is 0.463. The second kappa shape index (κ2) is 7.99. The Morgan fingerprint density at radius 1 is 1.12 bits per heavy atom. The average molecular weight is 423 g/mol. The smallest absolute Gasteiger partial charge is 0.159 e. The van der Waals surface area contributed by atoms with Crippen LogP contribution in [0.3, 0.4) is 0 Å². The fraction of sp³-hybridized carbons (Fsp3) is 0.0417. The third-order valence-electron chi connectivity index (χ3n) is 5.12. The number of imidazole rings is 1. The van der Waals surface area contributed by atoms with E-state index in [1.165, 1.54) is 12.1 Å². The third-order valence-corrected chi connectivity index (χ3v) is 5.12. The highest BCUT2D eigenvalue weighted by Gasteiger charge is 2.14. The number of nitrogens with zero attached hydrogens (tertiary/aromatic N) is 5. The van der Waals surface area contributed by atoms with E-state index in [0.29, 0.717) is 27.8 Å². The van der Waals surface area contributed by atoms with Gasteiger partial charge in [-0.05, 0) is 36.3 Å². The topological polar surface area (TPSA) is 96.0 Å². The van der Waals surface area contributed by atoms with E-state index in [2.05, 4.69) is 36.7 Å². The zero-order chi connectivity index (χ0) is 22.1. The lowest BCUT2D eigenvalue weighted by Gasteiger charge is -2.01. The normalized spacial score (nSPS) is 12.6. The molecule has 1 aromatic carbocycles. The summed E-state index contributed by atoms with van der Waals surface area (Å²) in [5.74, 6) is 0.244. The lowest BCUT2D eigenvalue weighted by Crippen LogP contribution is -2.21. The highest BCUT2D eigenvalue weighted by atomic mass is 19.1. The van der Waals surface area contributed by atoms with Gasteiger partial charge in [0, 0.05) is 29.4 Å². The fourth-order valence-corrected chi connectivity index (χ4v) is 3.42. The van der Waals surface area contributed by atoms with Crippen LogP contribution in [0.4, 0.5) is 4.39 Å². The van der Waals surface area contributed by atoms with E-state index in [0.717, 1.165) is 27.7 Å². The second-order valence-electron chi connectivity index (χ2n) is 7.25. The number of hydrogen-bond acceptors (Lipinski definition) is 5. The molecule has 0 aliphatic rings. The summed E-state index contributed by atoms with van der Waals surface area (Å²) in [7, 11) is 0. The summed E-state index contributed by atoms with van der Waals surface area (Å²) >= 11 is 0. The van der Waals surface area contributed by atoms with Gasteiger partial charge in [-0.15, -0.1) is 0 Å². The first kappa shape index (κ1) is 19.5. The standard InChI is InChI=1S/C24H18FN7/c1-14(20-12-26-8-9-28-20)6-7-19-15(2)22(32-31-19)24-29-21-13-27-11-18(23(21)30-24)16-4-3-5-17(25)10-16/h3-13,31H,2H2,1H3,(H,29,30)/b14-6+,19-7+. The van der Waals surface area contributed by atoms with Gasteiger partial charge >= 0.3 is 0 Å². The monoisotopic (exact) mass is 423 g/mol. The third kappa shape index (κ3) is 3.58. The predicted octanol–water partition coefficient (Wildman–Crippen LogP) is 3.24. The van der Waals surface area contributed by atoms with Crippen LogP contribution in [0.15, 0.2) is 61.3 Å². The van der Waals surface area contributed by atoms with Gasteiger partial charge in [-0.25, -0.2) is 9.37 Å². The molecule has 0 radical (unpaired) electrons. The number of aromatic nitrogens is 7. The molecule has 4 aromatic heterocycles. The SMILES string of the molecule is C=c1c(-c2nc3c(-c4cccc(F)c4)cncc3[nH]2)n[nH]/c1=C/C=C(\C)c1cnccn1. The van der Waals surface area contributed by atoms with E-state index in [1.54, 1.807) is 37.1 Å². The van der Waals surface area contributed by atoms with Gasteiger partial charge in [0.25, 0.3) is 0 Å². The first-order chi connectivity index (χ1) is 15.6. The molecule has 0 saturated carbocycles. The Hall–Kier alpha value is -4.46. The molecule has 5 aromatic rings. The predicted molar refractivity (Wildman–Crippen MR) is 122 cm³/mol. The Bertz CT molecular complexity index is 1570. The Balaban J connectivity index is 1.55. The fourth-order valence-electron chi connectivity index (χ4n) is 3.42. The van der Waals surface area contributed by atoms with Crippen molar-refractivity contribution in [2.45, 2.75) is 6.92 Å². The highest BCUT2D eigenvalue weighted by Crippen LogP contribution is 2.28. The number of benzene rings is 1. The lowest BCUT2D eigenvalue weighted by atomic mass is 10.1. The van der Waals surface area contributed by atoms with Crippen LogP contribution in [0.2, 0.25) is 0 Å². The van der Waals surface area contributed by atoms with Crippen molar-refractivity contribution in [3.63, 3.8) is 0 Å². The van der Waals surface area contributed by atoms with Gasteiger partial charge in [-0.3, -0.25) is 20.1 Å². The maximum atomic E-state index is 13.7. The van der Waals surface area contributed by atoms with Crippen LogP contribution >= 0.6 is 0 Å². The van der Waals surface area contributed by atoms with E-state index >= 15 is 0 Å². The summed E-state index contributed by atoms with van der Waals surface area (Å²) in [5, 5.41) is 8.86. The summed E-state index contributed by atoms with van der Waals surface area (Å²) in [6, 6.07) is 6.36. The van der Waals surface area contributed by atoms with Gasteiger partial charge in [0.1, 0.15) is 11.5 Å². The highest BCUT2D eigenvalue weighted by molar-refractivity contribution is 5.92. The molecule has 0 atom stereocenters. The van der Waals surface area contributed by atoms with Gasteiger partial charge in [-0.1, -0.05) is 24.8 Å². The molecule has 0 saturated heterocycles. The second-order valence-corrected chi connectivity index (χ2v) is 7.25. The van der Waals surface area contributed by atoms with E-state index in [4.69, 9.17) is 4.98 Å². The zero-order valence-electron chi connectivity index (χ0n) is 17.2. The number of aromatic amines is 2. The molecule has 7 nitrogen and oxygen atoms in total. The number of allylic oxidation sites excluding steroid dienone is 2. The summed E-state index contributed by atoms with van der Waals surface area (Å²) in [6.45, 7) is 6.12. The summed E-state index contributed by atoms with van der Waals surface area (Å²) in [5.41, 5.74) is 5.21. The van der Waals surface area contributed by atoms with Gasteiger partial charge in [0.05, 0.1) is 34.5 Å². The number of nitrogens with one attached hydrogen (secondary N) is 2. The molecule has 0 fully saturated rings. The van der Waals surface area contributed by atoms with Crippen molar-refractivity contribution in [3.05, 3.63) is 83.4 Å². The maximum absolute atomic E-state index is 13.7. The number of rotatable bonds is 4.